The second-order valence-corrected chi connectivity index (χ2v) is 5.71. The highest BCUT2D eigenvalue weighted by Gasteiger charge is 2.12. The van der Waals surface area contributed by atoms with Crippen molar-refractivity contribution in [2.75, 3.05) is 17.7 Å². The van der Waals surface area contributed by atoms with Crippen molar-refractivity contribution in [2.24, 2.45) is 0 Å². The lowest BCUT2D eigenvalue weighted by molar-refractivity contribution is 0.921. The lowest BCUT2D eigenvalue weighted by atomic mass is 10.1. The molecule has 20 heavy (non-hydrogen) atoms. The lowest BCUT2D eigenvalue weighted by Crippen LogP contribution is -2.18. The van der Waals surface area contributed by atoms with Crippen molar-refractivity contribution in [1.82, 2.24) is 0 Å². The normalized spacial score (nSPS) is 10.1. The van der Waals surface area contributed by atoms with E-state index in [1.165, 1.54) is 0 Å². The summed E-state index contributed by atoms with van der Waals surface area (Å²) in [6.07, 6.45) is 0. The van der Waals surface area contributed by atoms with Gasteiger partial charge in [-0.05, 0) is 51.8 Å². The molecule has 0 aliphatic heterocycles. The molecule has 0 saturated heterocycles. The van der Waals surface area contributed by atoms with E-state index in [2.05, 4.69) is 22.0 Å². The summed E-state index contributed by atoms with van der Waals surface area (Å²) in [5, 5.41) is 9.93. The van der Waals surface area contributed by atoms with E-state index >= 15 is 0 Å². The third-order valence-electron chi connectivity index (χ3n) is 2.99. The highest BCUT2D eigenvalue weighted by molar-refractivity contribution is 9.10. The second kappa shape index (κ2) is 6.17. The smallest absolute Gasteiger partial charge is 0.103 e. The molecule has 2 aromatic carbocycles. The monoisotopic (exact) mass is 349 g/mol. The number of halogens is 2. The van der Waals surface area contributed by atoms with E-state index in [1.54, 1.807) is 12.1 Å². The molecule has 3 nitrogen and oxygen atoms in total. The standard InChI is InChI=1S/C15H13BrClN3/c1-20(9-10-7-11(19)5-6-14(10)17)15-4-2-3-13(16)12(15)8-18/h2-7H,9,19H2,1H3. The van der Waals surface area contributed by atoms with Crippen molar-refractivity contribution in [3.63, 3.8) is 0 Å². The molecule has 0 aliphatic carbocycles. The van der Waals surface area contributed by atoms with Gasteiger partial charge in [-0.3, -0.25) is 0 Å². The van der Waals surface area contributed by atoms with Gasteiger partial charge in [0.1, 0.15) is 6.07 Å². The fraction of sp³-hybridized carbons (Fsp3) is 0.133. The highest BCUT2D eigenvalue weighted by atomic mass is 79.9. The Bertz CT molecular complexity index is 679. The number of nitrogens with zero attached hydrogens (tertiary/aromatic N) is 2. The first-order valence-electron chi connectivity index (χ1n) is 5.96. The fourth-order valence-electron chi connectivity index (χ4n) is 2.00. The molecule has 0 aromatic heterocycles. The molecule has 0 heterocycles. The number of nitrogens with two attached hydrogens (primary N) is 1. The van der Waals surface area contributed by atoms with Gasteiger partial charge in [0.25, 0.3) is 0 Å². The average molecular weight is 351 g/mol. The van der Waals surface area contributed by atoms with E-state index < -0.39 is 0 Å². The largest absolute Gasteiger partial charge is 0.399 e. The van der Waals surface area contributed by atoms with E-state index in [0.29, 0.717) is 22.8 Å². The number of benzene rings is 2. The van der Waals surface area contributed by atoms with Crippen molar-refractivity contribution in [3.8, 4) is 6.07 Å². The van der Waals surface area contributed by atoms with Crippen molar-refractivity contribution in [3.05, 3.63) is 57.0 Å². The van der Waals surface area contributed by atoms with Gasteiger partial charge in [-0.1, -0.05) is 17.7 Å². The Kier molecular flexibility index (Phi) is 4.53. The maximum absolute atomic E-state index is 9.26. The summed E-state index contributed by atoms with van der Waals surface area (Å²) >= 11 is 9.57. The number of hydrogen-bond donors (Lipinski definition) is 1. The van der Waals surface area contributed by atoms with Gasteiger partial charge in [0, 0.05) is 28.8 Å². The van der Waals surface area contributed by atoms with Crippen LogP contribution in [0, 0.1) is 11.3 Å². The maximum Gasteiger partial charge on any atom is 0.103 e. The quantitative estimate of drug-likeness (QED) is 0.844. The van der Waals surface area contributed by atoms with Gasteiger partial charge in [0.05, 0.1) is 11.3 Å². The predicted molar refractivity (Wildman–Crippen MR) is 86.8 cm³/mol. The van der Waals surface area contributed by atoms with Gasteiger partial charge in [-0.15, -0.1) is 0 Å². The van der Waals surface area contributed by atoms with E-state index in [9.17, 15) is 5.26 Å². The van der Waals surface area contributed by atoms with E-state index in [-0.39, 0.29) is 0 Å². The Balaban J connectivity index is 2.34. The van der Waals surface area contributed by atoms with Crippen LogP contribution in [0.1, 0.15) is 11.1 Å². The minimum atomic E-state index is 0.578. The van der Waals surface area contributed by atoms with Crippen LogP contribution in [0.25, 0.3) is 0 Å². The van der Waals surface area contributed by atoms with Crippen molar-refractivity contribution < 1.29 is 0 Å². The Labute approximate surface area is 131 Å². The summed E-state index contributed by atoms with van der Waals surface area (Å²) in [4.78, 5) is 1.98. The van der Waals surface area contributed by atoms with Crippen LogP contribution in [0.4, 0.5) is 11.4 Å². The number of rotatable bonds is 3. The van der Waals surface area contributed by atoms with E-state index in [0.717, 1.165) is 15.7 Å². The average Bonchev–Trinajstić information content (AvgIpc) is 2.42. The van der Waals surface area contributed by atoms with Gasteiger partial charge in [0.15, 0.2) is 0 Å². The number of anilines is 2. The first kappa shape index (κ1) is 14.7. The van der Waals surface area contributed by atoms with Crippen LogP contribution in [-0.2, 0) is 6.54 Å². The summed E-state index contributed by atoms with van der Waals surface area (Å²) in [6.45, 7) is 0.578. The number of nitriles is 1. The summed E-state index contributed by atoms with van der Waals surface area (Å²) < 4.78 is 0.781. The molecule has 0 amide bonds. The zero-order valence-electron chi connectivity index (χ0n) is 10.9. The Hall–Kier alpha value is -1.70. The van der Waals surface area contributed by atoms with Crippen LogP contribution in [0.15, 0.2) is 40.9 Å². The van der Waals surface area contributed by atoms with Crippen LogP contribution < -0.4 is 10.6 Å². The third-order valence-corrected chi connectivity index (χ3v) is 4.02. The Morgan fingerprint density at radius 2 is 2.10 bits per heavy atom. The van der Waals surface area contributed by atoms with Gasteiger partial charge in [-0.25, -0.2) is 0 Å². The molecule has 0 fully saturated rings. The fourth-order valence-corrected chi connectivity index (χ4v) is 2.62. The summed E-state index contributed by atoms with van der Waals surface area (Å²) in [5.41, 5.74) is 8.84. The minimum absolute atomic E-state index is 0.578. The van der Waals surface area contributed by atoms with Crippen LogP contribution in [0.2, 0.25) is 5.02 Å². The lowest BCUT2D eigenvalue weighted by Gasteiger charge is -2.22. The van der Waals surface area contributed by atoms with Crippen molar-refractivity contribution >= 4 is 38.9 Å². The minimum Gasteiger partial charge on any atom is -0.399 e. The molecular formula is C15H13BrClN3. The molecular weight excluding hydrogens is 338 g/mol. The molecule has 0 radical (unpaired) electrons. The molecule has 0 atom stereocenters. The molecule has 5 heteroatoms. The van der Waals surface area contributed by atoms with Gasteiger partial charge < -0.3 is 10.6 Å². The second-order valence-electron chi connectivity index (χ2n) is 4.45. The third kappa shape index (κ3) is 3.06. The molecule has 2 aromatic rings. The first-order valence-corrected chi connectivity index (χ1v) is 7.13. The molecule has 2 N–H and O–H groups in total. The molecule has 0 saturated carbocycles. The van der Waals surface area contributed by atoms with E-state index in [4.69, 9.17) is 17.3 Å². The first-order chi connectivity index (χ1) is 9.52. The van der Waals surface area contributed by atoms with Gasteiger partial charge in [-0.2, -0.15) is 5.26 Å². The summed E-state index contributed by atoms with van der Waals surface area (Å²) in [7, 11) is 1.92. The predicted octanol–water partition coefficient (Wildman–Crippen LogP) is 4.19. The molecule has 102 valence electrons. The Morgan fingerprint density at radius 1 is 1.35 bits per heavy atom. The van der Waals surface area contributed by atoms with Crippen LogP contribution in [-0.4, -0.2) is 7.05 Å². The summed E-state index contributed by atoms with van der Waals surface area (Å²) in [5.74, 6) is 0. The zero-order valence-corrected chi connectivity index (χ0v) is 13.2. The maximum atomic E-state index is 9.26. The van der Waals surface area contributed by atoms with Gasteiger partial charge >= 0.3 is 0 Å². The number of nitrogen functional groups attached to an aromatic ring is 1. The molecule has 0 unspecified atom stereocenters. The molecule has 0 bridgehead atoms. The number of hydrogen-bond acceptors (Lipinski definition) is 3. The van der Waals surface area contributed by atoms with Crippen LogP contribution >= 0.6 is 27.5 Å². The molecule has 2 rings (SSSR count). The van der Waals surface area contributed by atoms with Gasteiger partial charge in [0.2, 0.25) is 0 Å². The summed E-state index contributed by atoms with van der Waals surface area (Å²) in [6, 6.07) is 13.3. The van der Waals surface area contributed by atoms with Crippen LogP contribution in [0.3, 0.4) is 0 Å². The SMILES string of the molecule is CN(Cc1cc(N)ccc1Cl)c1cccc(Br)c1C#N. The zero-order chi connectivity index (χ0) is 14.7. The topological polar surface area (TPSA) is 53.0 Å². The van der Waals surface area contributed by atoms with E-state index in [1.807, 2.05) is 36.2 Å². The Morgan fingerprint density at radius 3 is 2.80 bits per heavy atom. The highest BCUT2D eigenvalue weighted by Crippen LogP contribution is 2.28. The van der Waals surface area contributed by atoms with Crippen molar-refractivity contribution in [1.29, 1.82) is 5.26 Å². The van der Waals surface area contributed by atoms with Crippen LogP contribution in [0.5, 0.6) is 0 Å². The molecule has 0 aliphatic rings. The van der Waals surface area contributed by atoms with Crippen molar-refractivity contribution in [2.45, 2.75) is 6.54 Å². The molecule has 0 spiro atoms.